The Hall–Kier alpha value is -2.12. The zero-order valence-corrected chi connectivity index (χ0v) is 14.0. The third-order valence-electron chi connectivity index (χ3n) is 3.81. The molecule has 0 saturated heterocycles. The summed E-state index contributed by atoms with van der Waals surface area (Å²) in [5, 5.41) is 7.52. The third kappa shape index (κ3) is 3.68. The van der Waals surface area contributed by atoms with E-state index in [2.05, 4.69) is 10.2 Å². The number of ether oxygens (including phenoxy) is 1. The maximum absolute atomic E-state index is 13.6. The van der Waals surface area contributed by atoms with E-state index in [-0.39, 0.29) is 6.42 Å². The van der Waals surface area contributed by atoms with Crippen LogP contribution in [0.5, 0.6) is 0 Å². The second kappa shape index (κ2) is 6.07. The van der Waals surface area contributed by atoms with Crippen molar-refractivity contribution in [2.45, 2.75) is 39.0 Å². The quantitative estimate of drug-likeness (QED) is 0.792. The van der Waals surface area contributed by atoms with Gasteiger partial charge in [-0.25, -0.2) is 0 Å². The molecule has 8 heteroatoms. The van der Waals surface area contributed by atoms with Gasteiger partial charge in [-0.15, -0.1) is 10.2 Å². The zero-order valence-electron chi connectivity index (χ0n) is 14.0. The van der Waals surface area contributed by atoms with Crippen molar-refractivity contribution in [2.75, 3.05) is 0 Å². The summed E-state index contributed by atoms with van der Waals surface area (Å²) in [7, 11) is 1.62. The molecule has 0 bridgehead atoms. The molecule has 2 atom stereocenters. The molecule has 1 aliphatic rings. The first-order valence-corrected chi connectivity index (χ1v) is 7.45. The molecular formula is C16H20F3N3O2. The van der Waals surface area contributed by atoms with E-state index >= 15 is 0 Å². The first kappa shape index (κ1) is 18.2. The highest BCUT2D eigenvalue weighted by molar-refractivity contribution is 5.76. The Balaban J connectivity index is 2.48. The Bertz CT molecular complexity index is 671. The number of aromatic nitrogens is 3. The van der Waals surface area contributed by atoms with Gasteiger partial charge in [-0.05, 0) is 26.8 Å². The van der Waals surface area contributed by atoms with Gasteiger partial charge in [0.05, 0.1) is 11.8 Å². The fraction of sp³-hybridized carbons (Fsp3) is 0.562. The van der Waals surface area contributed by atoms with E-state index in [4.69, 9.17) is 4.74 Å². The van der Waals surface area contributed by atoms with Gasteiger partial charge in [-0.2, -0.15) is 13.2 Å². The normalized spacial score (nSPS) is 24.2. The smallest absolute Gasteiger partial charge is 0.399 e. The van der Waals surface area contributed by atoms with Crippen molar-refractivity contribution in [1.82, 2.24) is 14.8 Å². The van der Waals surface area contributed by atoms with Gasteiger partial charge < -0.3 is 9.30 Å². The van der Waals surface area contributed by atoms with Crippen LogP contribution >= 0.6 is 0 Å². The Kier molecular flexibility index (Phi) is 4.61. The predicted octanol–water partition coefficient (Wildman–Crippen LogP) is 2.99. The van der Waals surface area contributed by atoms with Crippen LogP contribution in [0.4, 0.5) is 13.2 Å². The van der Waals surface area contributed by atoms with E-state index in [0.717, 1.165) is 6.08 Å². The van der Waals surface area contributed by atoms with Gasteiger partial charge in [-0.1, -0.05) is 18.2 Å². The molecule has 2 unspecified atom stereocenters. The van der Waals surface area contributed by atoms with Crippen LogP contribution in [0, 0.1) is 11.3 Å². The van der Waals surface area contributed by atoms with E-state index < -0.39 is 29.1 Å². The van der Waals surface area contributed by atoms with E-state index in [1.807, 2.05) is 0 Å². The lowest BCUT2D eigenvalue weighted by Gasteiger charge is -2.40. The van der Waals surface area contributed by atoms with Gasteiger partial charge in [0.15, 0.2) is 5.60 Å². The largest absolute Gasteiger partial charge is 0.453 e. The minimum Gasteiger partial charge on any atom is -0.453 e. The average molecular weight is 343 g/mol. The summed E-state index contributed by atoms with van der Waals surface area (Å²) in [6.07, 6.45) is 1.64. The number of allylic oxidation sites excluding steroid dienone is 2. The maximum Gasteiger partial charge on any atom is 0.399 e. The molecule has 24 heavy (non-hydrogen) atoms. The molecule has 0 spiro atoms. The van der Waals surface area contributed by atoms with Gasteiger partial charge in [0.1, 0.15) is 18.1 Å². The number of carbonyl (C=O) groups is 1. The molecule has 1 aromatic heterocycles. The predicted molar refractivity (Wildman–Crippen MR) is 80.8 cm³/mol. The number of hydrogen-bond acceptors (Lipinski definition) is 4. The Morgan fingerprint density at radius 1 is 1.33 bits per heavy atom. The summed E-state index contributed by atoms with van der Waals surface area (Å²) < 4.78 is 47.7. The molecule has 2 rings (SSSR count). The van der Waals surface area contributed by atoms with Crippen LogP contribution in [-0.4, -0.2) is 32.5 Å². The first-order chi connectivity index (χ1) is 11.0. The number of nitrogens with zero attached hydrogens (tertiary/aromatic N) is 3. The highest BCUT2D eigenvalue weighted by Crippen LogP contribution is 2.43. The Labute approximate surface area is 138 Å². The topological polar surface area (TPSA) is 57.0 Å². The fourth-order valence-corrected chi connectivity index (χ4v) is 2.39. The summed E-state index contributed by atoms with van der Waals surface area (Å²) in [5.74, 6) is -2.37. The second-order valence-corrected chi connectivity index (χ2v) is 6.89. The van der Waals surface area contributed by atoms with Gasteiger partial charge in [0.25, 0.3) is 0 Å². The van der Waals surface area contributed by atoms with Crippen molar-refractivity contribution in [2.24, 2.45) is 18.4 Å². The molecule has 1 aromatic rings. The lowest BCUT2D eigenvalue weighted by molar-refractivity contribution is -0.216. The highest BCUT2D eigenvalue weighted by Gasteiger charge is 2.55. The summed E-state index contributed by atoms with van der Waals surface area (Å²) in [4.78, 5) is 12.3. The molecule has 0 fully saturated rings. The molecule has 5 nitrogen and oxygen atoms in total. The molecular weight excluding hydrogens is 323 g/mol. The van der Waals surface area contributed by atoms with Crippen LogP contribution in [0.15, 0.2) is 30.6 Å². The van der Waals surface area contributed by atoms with Crippen molar-refractivity contribution >= 4 is 5.97 Å². The molecule has 0 aliphatic heterocycles. The van der Waals surface area contributed by atoms with Crippen molar-refractivity contribution in [3.8, 4) is 0 Å². The molecule has 1 aliphatic carbocycles. The lowest BCUT2D eigenvalue weighted by atomic mass is 9.79. The van der Waals surface area contributed by atoms with Crippen molar-refractivity contribution < 1.29 is 22.7 Å². The number of rotatable bonds is 3. The fourth-order valence-electron chi connectivity index (χ4n) is 2.39. The van der Waals surface area contributed by atoms with E-state index in [9.17, 15) is 18.0 Å². The van der Waals surface area contributed by atoms with E-state index in [1.165, 1.54) is 29.1 Å². The number of esters is 1. The van der Waals surface area contributed by atoms with Gasteiger partial charge >= 0.3 is 12.1 Å². The molecule has 0 saturated carbocycles. The van der Waals surface area contributed by atoms with Crippen LogP contribution in [0.2, 0.25) is 0 Å². The van der Waals surface area contributed by atoms with Gasteiger partial charge in [0, 0.05) is 7.05 Å². The van der Waals surface area contributed by atoms with Crippen LogP contribution in [-0.2, 0) is 23.0 Å². The minimum absolute atomic E-state index is 0.226. The zero-order chi connectivity index (χ0) is 18.2. The average Bonchev–Trinajstić information content (AvgIpc) is 2.82. The molecule has 0 N–H and O–H groups in total. The van der Waals surface area contributed by atoms with Crippen LogP contribution in [0.1, 0.15) is 26.6 Å². The molecule has 0 amide bonds. The Morgan fingerprint density at radius 3 is 2.50 bits per heavy atom. The highest BCUT2D eigenvalue weighted by atomic mass is 19.4. The standard InChI is InChI=1S/C16H20F3N3O2/c1-14(2,3)13(23)24-15(9-12-21-20-10-22(12)4)8-6-5-7-11(15)16(17,18)19/h5-8,10-11H,9H2,1-4H3. The van der Waals surface area contributed by atoms with Crippen LogP contribution in [0.25, 0.3) is 0 Å². The monoisotopic (exact) mass is 343 g/mol. The molecule has 132 valence electrons. The lowest BCUT2D eigenvalue weighted by Crippen LogP contribution is -2.51. The summed E-state index contributed by atoms with van der Waals surface area (Å²) in [6, 6.07) is 0. The van der Waals surface area contributed by atoms with E-state index in [0.29, 0.717) is 5.82 Å². The molecule has 0 aromatic carbocycles. The first-order valence-electron chi connectivity index (χ1n) is 7.45. The number of alkyl halides is 3. The van der Waals surface area contributed by atoms with Gasteiger partial charge in [-0.3, -0.25) is 4.79 Å². The Morgan fingerprint density at radius 2 is 2.00 bits per heavy atom. The molecule has 1 heterocycles. The number of halogens is 3. The number of hydrogen-bond donors (Lipinski definition) is 0. The SMILES string of the molecule is Cn1cnnc1CC1(OC(=O)C(C)(C)C)C=CC=CC1C(F)(F)F. The number of aryl methyl sites for hydroxylation is 1. The van der Waals surface area contributed by atoms with Crippen molar-refractivity contribution in [3.05, 3.63) is 36.5 Å². The van der Waals surface area contributed by atoms with Crippen molar-refractivity contribution in [1.29, 1.82) is 0 Å². The third-order valence-corrected chi connectivity index (χ3v) is 3.81. The summed E-state index contributed by atoms with van der Waals surface area (Å²) in [6.45, 7) is 4.78. The number of carbonyl (C=O) groups excluding carboxylic acids is 1. The maximum atomic E-state index is 13.6. The molecule has 0 radical (unpaired) electrons. The summed E-state index contributed by atoms with van der Waals surface area (Å²) >= 11 is 0. The second-order valence-electron chi connectivity index (χ2n) is 6.89. The van der Waals surface area contributed by atoms with Crippen molar-refractivity contribution in [3.63, 3.8) is 0 Å². The van der Waals surface area contributed by atoms with E-state index in [1.54, 1.807) is 27.8 Å². The van der Waals surface area contributed by atoms with Crippen LogP contribution in [0.3, 0.4) is 0 Å². The van der Waals surface area contributed by atoms with Gasteiger partial charge in [0.2, 0.25) is 0 Å². The minimum atomic E-state index is -4.57. The van der Waals surface area contributed by atoms with Crippen LogP contribution < -0.4 is 0 Å². The summed E-state index contributed by atoms with van der Waals surface area (Å²) in [5.41, 5.74) is -2.82.